The van der Waals surface area contributed by atoms with Gasteiger partial charge in [0.1, 0.15) is 12.7 Å². The Labute approximate surface area is 475 Å². The number of carbonyl (C=O) groups excluding carboxylic acids is 3. The fourth-order valence-electron chi connectivity index (χ4n) is 7.80. The summed E-state index contributed by atoms with van der Waals surface area (Å²) in [5.74, 6) is -1.60. The highest BCUT2D eigenvalue weighted by atomic mass is 31.2. The van der Waals surface area contributed by atoms with E-state index in [-0.39, 0.29) is 25.9 Å². The molecule has 0 aromatic carbocycles. The minimum Gasteiger partial charge on any atom is -0.462 e. The smallest absolute Gasteiger partial charge is 0.462 e. The summed E-state index contributed by atoms with van der Waals surface area (Å²) in [6.07, 6.45) is 73.1. The largest absolute Gasteiger partial charge is 0.472 e. The van der Waals surface area contributed by atoms with Gasteiger partial charge in [-0.15, -0.1) is 0 Å². The standard InChI is InChI=1S/C66H109O11P/c1-4-7-10-13-16-19-22-25-28-30-31-33-36-39-42-45-48-51-54-57-66(70)77-63(59-73-64(68)55-52-49-46-43-40-37-35-32-29-26-23-20-17-14-11-8-5-2)61-75-78(71,72)74-60-62(58-67)76-65(69)56-53-50-47-44-41-38-34-27-24-21-18-15-12-9-6-3/h7,9-10,12,16,18-19,21,25-29,31,33-34,39,42,48,51,62-63,67H,4-6,8,11,13-15,17,20,22-24,30,32,35-38,40-41,43-47,49-50,52-61H2,1-3H3,(H,71,72)/b10-7-,12-9-,19-16-,21-18-,28-25-,29-26-,33-31-,34-27-,42-39-,51-48-. The first kappa shape index (κ1) is 73.9. The Morgan fingerprint density at radius 3 is 1.12 bits per heavy atom. The predicted octanol–water partition coefficient (Wildman–Crippen LogP) is 18.4. The highest BCUT2D eigenvalue weighted by Crippen LogP contribution is 2.43. The molecule has 0 rings (SSSR count). The molecule has 0 aliphatic rings. The van der Waals surface area contributed by atoms with Crippen molar-refractivity contribution >= 4 is 25.7 Å². The van der Waals surface area contributed by atoms with Gasteiger partial charge < -0.3 is 24.2 Å². The van der Waals surface area contributed by atoms with E-state index >= 15 is 0 Å². The molecule has 0 heterocycles. The number of carbonyl (C=O) groups is 3. The van der Waals surface area contributed by atoms with E-state index in [2.05, 4.69) is 130 Å². The lowest BCUT2D eigenvalue weighted by Gasteiger charge is -2.21. The average Bonchev–Trinajstić information content (AvgIpc) is 3.43. The molecule has 0 bridgehead atoms. The van der Waals surface area contributed by atoms with Crippen LogP contribution in [0.2, 0.25) is 0 Å². The molecule has 78 heavy (non-hydrogen) atoms. The summed E-state index contributed by atoms with van der Waals surface area (Å²) in [5, 5.41) is 9.83. The highest BCUT2D eigenvalue weighted by molar-refractivity contribution is 7.47. The van der Waals surface area contributed by atoms with Crippen LogP contribution in [0, 0.1) is 0 Å². The molecule has 0 radical (unpaired) electrons. The summed E-state index contributed by atoms with van der Waals surface area (Å²) < 4.78 is 39.5. The van der Waals surface area contributed by atoms with Crippen molar-refractivity contribution in [2.75, 3.05) is 26.4 Å². The number of hydrogen-bond donors (Lipinski definition) is 2. The summed E-state index contributed by atoms with van der Waals surface area (Å²) in [7, 11) is -4.78. The average molecular weight is 1110 g/mol. The highest BCUT2D eigenvalue weighted by Gasteiger charge is 2.28. The zero-order valence-corrected chi connectivity index (χ0v) is 50.0. The number of rotatable bonds is 55. The molecule has 12 heteroatoms. The van der Waals surface area contributed by atoms with E-state index in [1.54, 1.807) is 0 Å². The number of unbranched alkanes of at least 4 members (excludes halogenated alkanes) is 18. The van der Waals surface area contributed by atoms with Crippen LogP contribution in [0.5, 0.6) is 0 Å². The maximum absolute atomic E-state index is 12.9. The Kier molecular flexibility index (Phi) is 55.9. The third kappa shape index (κ3) is 56.6. The van der Waals surface area contributed by atoms with Crippen molar-refractivity contribution in [2.45, 2.75) is 251 Å². The van der Waals surface area contributed by atoms with Crippen LogP contribution < -0.4 is 0 Å². The second kappa shape index (κ2) is 59.0. The van der Waals surface area contributed by atoms with Crippen LogP contribution >= 0.6 is 7.82 Å². The van der Waals surface area contributed by atoms with Crippen LogP contribution in [0.1, 0.15) is 239 Å². The molecule has 3 unspecified atom stereocenters. The quantitative estimate of drug-likeness (QED) is 0.0197. The molecule has 0 fully saturated rings. The van der Waals surface area contributed by atoms with Gasteiger partial charge in [-0.3, -0.25) is 23.4 Å². The Morgan fingerprint density at radius 2 is 0.692 bits per heavy atom. The molecule has 0 aliphatic heterocycles. The fraction of sp³-hybridized carbons (Fsp3) is 0.652. The molecule has 0 saturated heterocycles. The zero-order chi connectivity index (χ0) is 56.9. The number of aliphatic hydroxyl groups is 1. The number of esters is 3. The van der Waals surface area contributed by atoms with Gasteiger partial charge in [0.15, 0.2) is 6.10 Å². The molecule has 0 spiro atoms. The van der Waals surface area contributed by atoms with E-state index in [9.17, 15) is 28.9 Å². The molecule has 0 aliphatic carbocycles. The van der Waals surface area contributed by atoms with Gasteiger partial charge in [-0.05, 0) is 116 Å². The summed E-state index contributed by atoms with van der Waals surface area (Å²) in [5.41, 5.74) is 0. The maximum Gasteiger partial charge on any atom is 0.472 e. The van der Waals surface area contributed by atoms with E-state index < -0.39 is 57.8 Å². The van der Waals surface area contributed by atoms with E-state index in [1.807, 2.05) is 12.2 Å². The lowest BCUT2D eigenvalue weighted by atomic mass is 10.1. The first-order chi connectivity index (χ1) is 38.2. The zero-order valence-electron chi connectivity index (χ0n) is 49.1. The van der Waals surface area contributed by atoms with E-state index in [4.69, 9.17) is 23.3 Å². The third-order valence-corrected chi connectivity index (χ3v) is 13.3. The van der Waals surface area contributed by atoms with Crippen LogP contribution in [-0.2, 0) is 42.2 Å². The summed E-state index contributed by atoms with van der Waals surface area (Å²) in [6, 6.07) is 0. The molecular weight excluding hydrogens is 1000 g/mol. The Hall–Kier alpha value is -4.12. The second-order valence-corrected chi connectivity index (χ2v) is 21.2. The second-order valence-electron chi connectivity index (χ2n) is 19.7. The first-order valence-corrected chi connectivity index (χ1v) is 31.9. The van der Waals surface area contributed by atoms with Gasteiger partial charge in [0.05, 0.1) is 19.8 Å². The normalized spacial score (nSPS) is 14.2. The van der Waals surface area contributed by atoms with Crippen LogP contribution in [-0.4, -0.2) is 66.5 Å². The number of allylic oxidation sites excluding steroid dienone is 20. The predicted molar refractivity (Wildman–Crippen MR) is 325 cm³/mol. The Morgan fingerprint density at radius 1 is 0.372 bits per heavy atom. The number of phosphoric acid groups is 1. The SMILES string of the molecule is CC/C=C\C/C=C\C/C=C\C/C=C\C/C=C\C/C=C\CCC(=O)OC(COC(=O)CCCCCCCCC/C=C\CCCCCCCC)COP(=O)(O)OCC(CO)OC(=O)CCCCCCC/C=C\C/C=C\C/C=C\CC. The molecular formula is C66H109O11P. The molecule has 0 aromatic rings. The summed E-state index contributed by atoms with van der Waals surface area (Å²) in [4.78, 5) is 48.6. The van der Waals surface area contributed by atoms with E-state index in [1.165, 1.54) is 64.2 Å². The molecule has 0 aromatic heterocycles. The van der Waals surface area contributed by atoms with Crippen LogP contribution in [0.3, 0.4) is 0 Å². The minimum atomic E-state index is -4.78. The topological polar surface area (TPSA) is 155 Å². The van der Waals surface area contributed by atoms with Gasteiger partial charge in [-0.25, -0.2) is 4.57 Å². The van der Waals surface area contributed by atoms with Gasteiger partial charge >= 0.3 is 25.7 Å². The molecule has 3 atom stereocenters. The lowest BCUT2D eigenvalue weighted by molar-refractivity contribution is -0.161. The summed E-state index contributed by atoms with van der Waals surface area (Å²) >= 11 is 0. The molecule has 0 saturated carbocycles. The first-order valence-electron chi connectivity index (χ1n) is 30.4. The van der Waals surface area contributed by atoms with Crippen molar-refractivity contribution in [3.63, 3.8) is 0 Å². The van der Waals surface area contributed by atoms with Gasteiger partial charge in [-0.2, -0.15) is 0 Å². The van der Waals surface area contributed by atoms with Crippen molar-refractivity contribution in [1.29, 1.82) is 0 Å². The van der Waals surface area contributed by atoms with Gasteiger partial charge in [0.25, 0.3) is 0 Å². The molecule has 2 N–H and O–H groups in total. The maximum atomic E-state index is 12.9. The Bertz CT molecular complexity index is 1770. The lowest BCUT2D eigenvalue weighted by Crippen LogP contribution is -2.30. The number of ether oxygens (including phenoxy) is 3. The van der Waals surface area contributed by atoms with Crippen molar-refractivity contribution < 1.29 is 52.2 Å². The third-order valence-electron chi connectivity index (χ3n) is 12.4. The molecule has 0 amide bonds. The van der Waals surface area contributed by atoms with Crippen LogP contribution in [0.25, 0.3) is 0 Å². The van der Waals surface area contributed by atoms with Gasteiger partial charge in [-0.1, -0.05) is 226 Å². The monoisotopic (exact) mass is 1110 g/mol. The molecule has 11 nitrogen and oxygen atoms in total. The Balaban J connectivity index is 4.86. The van der Waals surface area contributed by atoms with Gasteiger partial charge in [0, 0.05) is 19.3 Å². The number of hydrogen-bond acceptors (Lipinski definition) is 10. The van der Waals surface area contributed by atoms with E-state index in [0.717, 1.165) is 109 Å². The van der Waals surface area contributed by atoms with Crippen molar-refractivity contribution in [2.24, 2.45) is 0 Å². The number of phosphoric ester groups is 1. The van der Waals surface area contributed by atoms with Crippen LogP contribution in [0.15, 0.2) is 122 Å². The van der Waals surface area contributed by atoms with E-state index in [0.29, 0.717) is 25.7 Å². The number of aliphatic hydroxyl groups excluding tert-OH is 1. The fourth-order valence-corrected chi connectivity index (χ4v) is 8.59. The minimum absolute atomic E-state index is 0.0349. The molecule has 444 valence electrons. The summed E-state index contributed by atoms with van der Waals surface area (Å²) in [6.45, 7) is 4.31. The van der Waals surface area contributed by atoms with Crippen LogP contribution in [0.4, 0.5) is 0 Å². The van der Waals surface area contributed by atoms with Crippen molar-refractivity contribution in [3.05, 3.63) is 122 Å². The van der Waals surface area contributed by atoms with Gasteiger partial charge in [0.2, 0.25) is 0 Å². The van der Waals surface area contributed by atoms with Crippen molar-refractivity contribution in [1.82, 2.24) is 0 Å². The van der Waals surface area contributed by atoms with Crippen molar-refractivity contribution in [3.8, 4) is 0 Å².